The molecule has 0 aliphatic heterocycles. The zero-order chi connectivity index (χ0) is 14.1. The van der Waals surface area contributed by atoms with Crippen molar-refractivity contribution in [1.82, 2.24) is 10.6 Å². The van der Waals surface area contributed by atoms with E-state index in [1.54, 1.807) is 18.2 Å². The number of hydrogen-bond donors (Lipinski definition) is 2. The molecule has 104 valence electrons. The molecule has 1 rings (SSSR count). The van der Waals surface area contributed by atoms with Crippen molar-refractivity contribution in [2.45, 2.75) is 20.0 Å². The third-order valence-electron chi connectivity index (χ3n) is 2.56. The highest BCUT2D eigenvalue weighted by Gasteiger charge is 2.02. The minimum atomic E-state index is -1.04. The van der Waals surface area contributed by atoms with Gasteiger partial charge < -0.3 is 10.6 Å². The second-order valence-corrected chi connectivity index (χ2v) is 4.36. The Hall–Kier alpha value is -1.68. The molecule has 4 heteroatoms. The number of carbonyl (C=O) groups is 1. The third-order valence-corrected chi connectivity index (χ3v) is 2.56. The van der Waals surface area contributed by atoms with E-state index in [4.69, 9.17) is 0 Å². The van der Waals surface area contributed by atoms with Crippen LogP contribution in [0.1, 0.15) is 13.8 Å². The average Bonchev–Trinajstić information content (AvgIpc) is 2.57. The van der Waals surface area contributed by atoms with Crippen molar-refractivity contribution in [1.29, 1.82) is 0 Å². The first-order valence-electron chi connectivity index (χ1n) is 6.47. The van der Waals surface area contributed by atoms with Crippen LogP contribution in [0.3, 0.4) is 0 Å². The molecular weight excluding hydrogens is 243 g/mol. The number of hydrogen-bond acceptors (Lipinski definition) is 3. The van der Waals surface area contributed by atoms with Crippen LogP contribution in [-0.2, 0) is 4.79 Å². The molecule has 0 aromatic heterocycles. The Bertz CT molecular complexity index is 422. The zero-order valence-corrected chi connectivity index (χ0v) is 11.4. The normalized spacial score (nSPS) is 19.0. The van der Waals surface area contributed by atoms with Crippen LogP contribution in [0, 0.1) is 0 Å². The van der Waals surface area contributed by atoms with Crippen molar-refractivity contribution in [3.63, 3.8) is 0 Å². The van der Waals surface area contributed by atoms with E-state index >= 15 is 0 Å². The molecule has 0 spiro atoms. The summed E-state index contributed by atoms with van der Waals surface area (Å²) in [5.74, 6) is 0.0313. The second-order valence-electron chi connectivity index (χ2n) is 4.36. The van der Waals surface area contributed by atoms with Gasteiger partial charge in [-0.1, -0.05) is 13.0 Å². The molecular formula is C15H21FN2O. The summed E-state index contributed by atoms with van der Waals surface area (Å²) < 4.78 is 13.1. The highest BCUT2D eigenvalue weighted by Crippen LogP contribution is 2.05. The SMILES string of the molecule is CCNC/C(=C\C(C)=O)CNC1=CC=CC(F)C=C1. The third kappa shape index (κ3) is 6.72. The lowest BCUT2D eigenvalue weighted by Crippen LogP contribution is -2.24. The van der Waals surface area contributed by atoms with E-state index in [0.29, 0.717) is 13.1 Å². The summed E-state index contributed by atoms with van der Waals surface area (Å²) in [7, 11) is 0. The van der Waals surface area contributed by atoms with Gasteiger partial charge in [0.05, 0.1) is 0 Å². The fourth-order valence-corrected chi connectivity index (χ4v) is 1.65. The van der Waals surface area contributed by atoms with Crippen molar-refractivity contribution in [2.75, 3.05) is 19.6 Å². The number of carbonyl (C=O) groups excluding carboxylic acids is 1. The van der Waals surface area contributed by atoms with Crippen LogP contribution < -0.4 is 10.6 Å². The smallest absolute Gasteiger partial charge is 0.152 e. The van der Waals surface area contributed by atoms with Crippen molar-refractivity contribution in [3.05, 3.63) is 47.7 Å². The van der Waals surface area contributed by atoms with Crippen LogP contribution >= 0.6 is 0 Å². The summed E-state index contributed by atoms with van der Waals surface area (Å²) in [6, 6.07) is 0. The number of likely N-dealkylation sites (N-methyl/N-ethyl adjacent to an activating group) is 1. The first kappa shape index (κ1) is 15.4. The summed E-state index contributed by atoms with van der Waals surface area (Å²) in [6.45, 7) is 5.63. The highest BCUT2D eigenvalue weighted by molar-refractivity contribution is 5.88. The lowest BCUT2D eigenvalue weighted by Gasteiger charge is -2.11. The van der Waals surface area contributed by atoms with Gasteiger partial charge in [-0.2, -0.15) is 0 Å². The van der Waals surface area contributed by atoms with Crippen LogP contribution in [0.25, 0.3) is 0 Å². The van der Waals surface area contributed by atoms with Crippen LogP contribution in [0.4, 0.5) is 4.39 Å². The molecule has 0 fully saturated rings. The number of halogens is 1. The minimum Gasteiger partial charge on any atom is -0.381 e. The lowest BCUT2D eigenvalue weighted by atomic mass is 10.2. The van der Waals surface area contributed by atoms with Gasteiger partial charge in [0.15, 0.2) is 5.78 Å². The Morgan fingerprint density at radius 1 is 1.42 bits per heavy atom. The summed E-state index contributed by atoms with van der Waals surface area (Å²) in [5, 5.41) is 6.38. The molecule has 0 aromatic carbocycles. The Morgan fingerprint density at radius 2 is 2.21 bits per heavy atom. The quantitative estimate of drug-likeness (QED) is 0.691. The number of ketones is 1. The standard InChI is InChI=1S/C15H21FN2O/c1-3-17-10-13(9-12(2)19)11-18-15-6-4-5-14(16)7-8-15/h4-9,14,17-18H,3,10-11H2,1-2H3/b13-9+. The van der Waals surface area contributed by atoms with Gasteiger partial charge in [-0.05, 0) is 49.4 Å². The molecule has 3 nitrogen and oxygen atoms in total. The summed E-state index contributed by atoms with van der Waals surface area (Å²) in [6.07, 6.45) is 8.77. The van der Waals surface area contributed by atoms with Crippen molar-refractivity contribution in [2.24, 2.45) is 0 Å². The first-order chi connectivity index (χ1) is 9.11. The van der Waals surface area contributed by atoms with E-state index in [1.165, 1.54) is 19.1 Å². The van der Waals surface area contributed by atoms with Gasteiger partial charge in [0.1, 0.15) is 6.17 Å². The second kappa shape index (κ2) is 8.43. The van der Waals surface area contributed by atoms with Gasteiger partial charge in [0.25, 0.3) is 0 Å². The van der Waals surface area contributed by atoms with Gasteiger partial charge in [0, 0.05) is 18.8 Å². The van der Waals surface area contributed by atoms with Gasteiger partial charge in [-0.3, -0.25) is 4.79 Å². The number of rotatable bonds is 7. The lowest BCUT2D eigenvalue weighted by molar-refractivity contribution is -0.112. The summed E-state index contributed by atoms with van der Waals surface area (Å²) in [5.41, 5.74) is 1.82. The summed E-state index contributed by atoms with van der Waals surface area (Å²) >= 11 is 0. The molecule has 1 aliphatic rings. The fourth-order valence-electron chi connectivity index (χ4n) is 1.65. The number of alkyl halides is 1. The van der Waals surface area contributed by atoms with Crippen LogP contribution in [-0.4, -0.2) is 31.6 Å². The molecule has 2 N–H and O–H groups in total. The van der Waals surface area contributed by atoms with Crippen molar-refractivity contribution >= 4 is 5.78 Å². The van der Waals surface area contributed by atoms with Gasteiger partial charge in [-0.25, -0.2) is 4.39 Å². The molecule has 0 radical (unpaired) electrons. The van der Waals surface area contributed by atoms with E-state index in [1.807, 2.05) is 13.0 Å². The van der Waals surface area contributed by atoms with Gasteiger partial charge >= 0.3 is 0 Å². The Balaban J connectivity index is 2.56. The van der Waals surface area contributed by atoms with Gasteiger partial charge in [-0.15, -0.1) is 0 Å². The fraction of sp³-hybridized carbons (Fsp3) is 0.400. The Kier molecular flexibility index (Phi) is 6.82. The molecule has 1 unspecified atom stereocenters. The average molecular weight is 264 g/mol. The zero-order valence-electron chi connectivity index (χ0n) is 11.4. The van der Waals surface area contributed by atoms with E-state index in [0.717, 1.165) is 17.8 Å². The predicted molar refractivity (Wildman–Crippen MR) is 76.6 cm³/mol. The molecule has 19 heavy (non-hydrogen) atoms. The van der Waals surface area contributed by atoms with E-state index in [-0.39, 0.29) is 5.78 Å². The molecule has 0 aromatic rings. The number of allylic oxidation sites excluding steroid dienone is 6. The Labute approximate surface area is 114 Å². The molecule has 1 atom stereocenters. The van der Waals surface area contributed by atoms with E-state index in [2.05, 4.69) is 10.6 Å². The molecule has 1 aliphatic carbocycles. The molecule has 0 amide bonds. The predicted octanol–water partition coefficient (Wildman–Crippen LogP) is 2.05. The highest BCUT2D eigenvalue weighted by atomic mass is 19.1. The first-order valence-corrected chi connectivity index (χ1v) is 6.47. The van der Waals surface area contributed by atoms with Crippen LogP contribution in [0.15, 0.2) is 47.7 Å². The van der Waals surface area contributed by atoms with E-state index < -0.39 is 6.17 Å². The molecule has 0 bridgehead atoms. The van der Waals surface area contributed by atoms with Crippen LogP contribution in [0.2, 0.25) is 0 Å². The maximum absolute atomic E-state index is 13.1. The summed E-state index contributed by atoms with van der Waals surface area (Å²) in [4.78, 5) is 11.1. The Morgan fingerprint density at radius 3 is 2.89 bits per heavy atom. The van der Waals surface area contributed by atoms with Crippen LogP contribution in [0.5, 0.6) is 0 Å². The van der Waals surface area contributed by atoms with Crippen molar-refractivity contribution in [3.8, 4) is 0 Å². The molecule has 0 heterocycles. The topological polar surface area (TPSA) is 41.1 Å². The number of nitrogens with one attached hydrogen (secondary N) is 2. The molecule has 0 saturated carbocycles. The van der Waals surface area contributed by atoms with Gasteiger partial charge in [0.2, 0.25) is 0 Å². The minimum absolute atomic E-state index is 0.0313. The van der Waals surface area contributed by atoms with E-state index in [9.17, 15) is 9.18 Å². The van der Waals surface area contributed by atoms with Crippen molar-refractivity contribution < 1.29 is 9.18 Å². The monoisotopic (exact) mass is 264 g/mol. The maximum Gasteiger partial charge on any atom is 0.152 e. The maximum atomic E-state index is 13.1. The largest absolute Gasteiger partial charge is 0.381 e. The molecule has 0 saturated heterocycles.